The standard InChI is InChI=1S/C22H24F3N3O2/c1-15(16-4-6-17(7-5-16)21(2,3)13-26)20(29)27-11-10-18-8-9-19(12-28-18)30-14-22(23,24)25/h4-9,12,15H,10-11,14H2,1-3H3,(H,27,29). The first kappa shape index (κ1) is 23.2. The van der Waals surface area contributed by atoms with Crippen molar-refractivity contribution in [2.45, 2.75) is 44.7 Å². The number of nitriles is 1. The van der Waals surface area contributed by atoms with Crippen molar-refractivity contribution < 1.29 is 22.7 Å². The summed E-state index contributed by atoms with van der Waals surface area (Å²) in [6, 6.07) is 12.6. The summed E-state index contributed by atoms with van der Waals surface area (Å²) >= 11 is 0. The zero-order valence-corrected chi connectivity index (χ0v) is 17.1. The Morgan fingerprint density at radius 2 is 1.87 bits per heavy atom. The molecule has 0 saturated heterocycles. The summed E-state index contributed by atoms with van der Waals surface area (Å²) in [6.45, 7) is 4.45. The molecule has 30 heavy (non-hydrogen) atoms. The lowest BCUT2D eigenvalue weighted by Gasteiger charge is -2.18. The van der Waals surface area contributed by atoms with E-state index in [0.717, 1.165) is 11.1 Å². The third-order valence-corrected chi connectivity index (χ3v) is 4.69. The first-order chi connectivity index (χ1) is 14.0. The lowest BCUT2D eigenvalue weighted by Crippen LogP contribution is -2.30. The molecule has 1 atom stereocenters. The summed E-state index contributed by atoms with van der Waals surface area (Å²) in [4.78, 5) is 16.4. The number of hydrogen-bond acceptors (Lipinski definition) is 4. The Morgan fingerprint density at radius 3 is 2.40 bits per heavy atom. The minimum Gasteiger partial charge on any atom is -0.483 e. The fourth-order valence-electron chi connectivity index (χ4n) is 2.68. The van der Waals surface area contributed by atoms with Crippen LogP contribution in [0.15, 0.2) is 42.6 Å². The fourth-order valence-corrected chi connectivity index (χ4v) is 2.68. The molecule has 1 aromatic heterocycles. The van der Waals surface area contributed by atoms with E-state index in [-0.39, 0.29) is 17.6 Å². The van der Waals surface area contributed by atoms with Gasteiger partial charge in [-0.2, -0.15) is 18.4 Å². The highest BCUT2D eigenvalue weighted by Gasteiger charge is 2.28. The Kier molecular flexibility index (Phi) is 7.43. The number of pyridine rings is 1. The fraction of sp³-hybridized carbons (Fsp3) is 0.409. The number of amides is 1. The number of ether oxygens (including phenoxy) is 1. The van der Waals surface area contributed by atoms with Gasteiger partial charge in [-0.25, -0.2) is 0 Å². The topological polar surface area (TPSA) is 75.0 Å². The first-order valence-electron chi connectivity index (χ1n) is 9.46. The van der Waals surface area contributed by atoms with Crippen molar-refractivity contribution in [3.05, 3.63) is 59.4 Å². The number of alkyl halides is 3. The molecule has 0 bridgehead atoms. The third kappa shape index (κ3) is 6.76. The van der Waals surface area contributed by atoms with Crippen molar-refractivity contribution >= 4 is 5.91 Å². The Hall–Kier alpha value is -3.08. The minimum atomic E-state index is -4.40. The van der Waals surface area contributed by atoms with Crippen molar-refractivity contribution in [3.63, 3.8) is 0 Å². The molecule has 0 fully saturated rings. The summed E-state index contributed by atoms with van der Waals surface area (Å²) in [7, 11) is 0. The highest BCUT2D eigenvalue weighted by atomic mass is 19.4. The Labute approximate surface area is 173 Å². The molecule has 0 aliphatic carbocycles. The van der Waals surface area contributed by atoms with Crippen LogP contribution < -0.4 is 10.1 Å². The number of hydrogen-bond donors (Lipinski definition) is 1. The van der Waals surface area contributed by atoms with Gasteiger partial charge in [-0.05, 0) is 44.0 Å². The molecule has 1 aromatic carbocycles. The molecular formula is C22H24F3N3O2. The van der Waals surface area contributed by atoms with Crippen LogP contribution in [0.3, 0.4) is 0 Å². The molecule has 0 radical (unpaired) electrons. The third-order valence-electron chi connectivity index (χ3n) is 4.69. The number of carbonyl (C=O) groups excluding carboxylic acids is 1. The number of benzene rings is 1. The predicted octanol–water partition coefficient (Wildman–Crippen LogP) is 4.29. The maximum absolute atomic E-state index is 12.4. The van der Waals surface area contributed by atoms with Crippen LogP contribution in [0, 0.1) is 11.3 Å². The van der Waals surface area contributed by atoms with Gasteiger partial charge in [-0.15, -0.1) is 0 Å². The number of carbonyl (C=O) groups is 1. The Morgan fingerprint density at radius 1 is 1.20 bits per heavy atom. The second-order valence-electron chi connectivity index (χ2n) is 7.51. The lowest BCUT2D eigenvalue weighted by molar-refractivity contribution is -0.153. The van der Waals surface area contributed by atoms with Crippen LogP contribution in [0.5, 0.6) is 5.75 Å². The number of aromatic nitrogens is 1. The molecule has 1 amide bonds. The zero-order chi connectivity index (χ0) is 22.4. The maximum Gasteiger partial charge on any atom is 0.422 e. The molecule has 2 rings (SSSR count). The molecule has 0 aliphatic heterocycles. The second-order valence-corrected chi connectivity index (χ2v) is 7.51. The minimum absolute atomic E-state index is 0.0387. The number of nitrogens with zero attached hydrogens (tertiary/aromatic N) is 2. The SMILES string of the molecule is CC(C(=O)NCCc1ccc(OCC(F)(F)F)cn1)c1ccc(C(C)(C)C#N)cc1. The lowest BCUT2D eigenvalue weighted by atomic mass is 9.85. The molecule has 8 heteroatoms. The molecule has 0 spiro atoms. The Balaban J connectivity index is 1.83. The normalized spacial score (nSPS) is 12.7. The van der Waals surface area contributed by atoms with Gasteiger partial charge in [-0.1, -0.05) is 24.3 Å². The summed E-state index contributed by atoms with van der Waals surface area (Å²) in [6.07, 6.45) is -2.73. The van der Waals surface area contributed by atoms with Gasteiger partial charge in [0.05, 0.1) is 23.6 Å². The van der Waals surface area contributed by atoms with Gasteiger partial charge in [0.25, 0.3) is 0 Å². The molecule has 1 unspecified atom stereocenters. The monoisotopic (exact) mass is 419 g/mol. The van der Waals surface area contributed by atoms with Gasteiger partial charge in [0.15, 0.2) is 6.61 Å². The van der Waals surface area contributed by atoms with E-state index in [1.165, 1.54) is 12.3 Å². The second kappa shape index (κ2) is 9.61. The largest absolute Gasteiger partial charge is 0.483 e. The van der Waals surface area contributed by atoms with Crippen LogP contribution in [0.2, 0.25) is 0 Å². The van der Waals surface area contributed by atoms with E-state index in [4.69, 9.17) is 0 Å². The van der Waals surface area contributed by atoms with Crippen LogP contribution in [-0.4, -0.2) is 30.2 Å². The smallest absolute Gasteiger partial charge is 0.422 e. The molecule has 1 heterocycles. The van der Waals surface area contributed by atoms with Crippen LogP contribution in [0.4, 0.5) is 13.2 Å². The maximum atomic E-state index is 12.4. The number of nitrogens with one attached hydrogen (secondary N) is 1. The van der Waals surface area contributed by atoms with Gasteiger partial charge in [-0.3, -0.25) is 9.78 Å². The molecule has 2 aromatic rings. The molecule has 0 saturated carbocycles. The van der Waals surface area contributed by atoms with E-state index in [9.17, 15) is 23.2 Å². The van der Waals surface area contributed by atoms with E-state index in [1.807, 2.05) is 38.1 Å². The molecule has 1 N–H and O–H groups in total. The Bertz CT molecular complexity index is 886. The quantitative estimate of drug-likeness (QED) is 0.693. The zero-order valence-electron chi connectivity index (χ0n) is 17.1. The van der Waals surface area contributed by atoms with Crippen LogP contribution in [-0.2, 0) is 16.6 Å². The van der Waals surface area contributed by atoms with Gasteiger partial charge >= 0.3 is 6.18 Å². The molecular weight excluding hydrogens is 395 g/mol. The van der Waals surface area contributed by atoms with Crippen LogP contribution in [0.25, 0.3) is 0 Å². The molecule has 0 aliphatic rings. The predicted molar refractivity (Wildman–Crippen MR) is 106 cm³/mol. The summed E-state index contributed by atoms with van der Waals surface area (Å²) < 4.78 is 41.0. The van der Waals surface area contributed by atoms with Crippen LogP contribution in [0.1, 0.15) is 43.5 Å². The van der Waals surface area contributed by atoms with Crippen molar-refractivity contribution in [1.82, 2.24) is 10.3 Å². The highest BCUT2D eigenvalue weighted by molar-refractivity contribution is 5.83. The van der Waals surface area contributed by atoms with E-state index in [0.29, 0.717) is 18.7 Å². The van der Waals surface area contributed by atoms with E-state index in [1.54, 1.807) is 13.0 Å². The van der Waals surface area contributed by atoms with Gasteiger partial charge in [0.2, 0.25) is 5.91 Å². The van der Waals surface area contributed by atoms with Gasteiger partial charge in [0, 0.05) is 18.7 Å². The summed E-state index contributed by atoms with van der Waals surface area (Å²) in [5.41, 5.74) is 1.76. The van der Waals surface area contributed by atoms with Crippen molar-refractivity contribution in [2.75, 3.05) is 13.2 Å². The van der Waals surface area contributed by atoms with Crippen molar-refractivity contribution in [3.8, 4) is 11.8 Å². The number of rotatable bonds is 8. The first-order valence-corrected chi connectivity index (χ1v) is 9.46. The average molecular weight is 419 g/mol. The van der Waals surface area contributed by atoms with Crippen LogP contribution >= 0.6 is 0 Å². The summed E-state index contributed by atoms with van der Waals surface area (Å²) in [5.74, 6) is -0.473. The summed E-state index contributed by atoms with van der Waals surface area (Å²) in [5, 5.41) is 12.0. The van der Waals surface area contributed by atoms with Gasteiger partial charge < -0.3 is 10.1 Å². The van der Waals surface area contributed by atoms with Crippen molar-refractivity contribution in [2.24, 2.45) is 0 Å². The van der Waals surface area contributed by atoms with E-state index in [2.05, 4.69) is 21.1 Å². The average Bonchev–Trinajstić information content (AvgIpc) is 2.72. The van der Waals surface area contributed by atoms with E-state index >= 15 is 0 Å². The number of halogens is 3. The highest BCUT2D eigenvalue weighted by Crippen LogP contribution is 2.24. The molecule has 5 nitrogen and oxygen atoms in total. The molecule has 160 valence electrons. The van der Waals surface area contributed by atoms with Gasteiger partial charge in [0.1, 0.15) is 5.75 Å². The van der Waals surface area contributed by atoms with E-state index < -0.39 is 18.2 Å². The van der Waals surface area contributed by atoms with Crippen molar-refractivity contribution in [1.29, 1.82) is 5.26 Å².